The molecule has 144 valence electrons. The lowest BCUT2D eigenvalue weighted by molar-refractivity contribution is -0.140. The second-order valence-corrected chi connectivity index (χ2v) is 6.43. The van der Waals surface area contributed by atoms with Crippen LogP contribution in [0.3, 0.4) is 0 Å². The van der Waals surface area contributed by atoms with Gasteiger partial charge in [-0.3, -0.25) is 4.98 Å². The number of aromatic amines is 1. The minimum Gasteiger partial charge on any atom is -0.390 e. The number of aliphatic hydroxyl groups excluding tert-OH is 1. The molecular weight excluding hydrogens is 368 g/mol. The first-order chi connectivity index (χ1) is 12.6. The average Bonchev–Trinajstić information content (AvgIpc) is 2.91. The van der Waals surface area contributed by atoms with Crippen LogP contribution in [0.4, 0.5) is 17.6 Å². The van der Waals surface area contributed by atoms with Crippen LogP contribution in [0.15, 0.2) is 29.2 Å². The van der Waals surface area contributed by atoms with Gasteiger partial charge in [0.25, 0.3) is 0 Å². The smallest absolute Gasteiger partial charge is 0.390 e. The predicted octanol–water partition coefficient (Wildman–Crippen LogP) is 3.02. The molecule has 6 nitrogen and oxygen atoms in total. The van der Waals surface area contributed by atoms with Gasteiger partial charge >= 0.3 is 11.9 Å². The third kappa shape index (κ3) is 3.44. The standard InChI is InChI=1S/C17H16F4N4O2/c1-8(2)14(9-3-4-11(12(18)5-9)17(19,20)21)25-15-10(13(7-26)24-25)6-22-16(27)23-15/h3-6,8,14,26H,7H2,1-2H3,(H,22,23,27). The van der Waals surface area contributed by atoms with Crippen molar-refractivity contribution in [1.82, 2.24) is 19.7 Å². The lowest BCUT2D eigenvalue weighted by Gasteiger charge is -2.23. The van der Waals surface area contributed by atoms with Crippen molar-refractivity contribution in [3.8, 4) is 0 Å². The maximum Gasteiger partial charge on any atom is 0.419 e. The first kappa shape index (κ1) is 19.0. The quantitative estimate of drug-likeness (QED) is 0.678. The zero-order valence-corrected chi connectivity index (χ0v) is 14.4. The summed E-state index contributed by atoms with van der Waals surface area (Å²) in [6, 6.07) is 2.01. The number of rotatable bonds is 4. The van der Waals surface area contributed by atoms with Gasteiger partial charge in [-0.15, -0.1) is 0 Å². The fourth-order valence-electron chi connectivity index (χ4n) is 3.08. The number of hydrogen-bond donors (Lipinski definition) is 2. The second kappa shape index (κ2) is 6.76. The number of H-pyrrole nitrogens is 1. The van der Waals surface area contributed by atoms with Gasteiger partial charge in [0, 0.05) is 6.20 Å². The van der Waals surface area contributed by atoms with Gasteiger partial charge in [0.2, 0.25) is 0 Å². The SMILES string of the molecule is CC(C)C(c1ccc(C(F)(F)F)c(F)c1)n1nc(CO)c2cnc(=O)[nH]c21. The van der Waals surface area contributed by atoms with Crippen LogP contribution in [-0.4, -0.2) is 24.9 Å². The van der Waals surface area contributed by atoms with Crippen LogP contribution in [0.25, 0.3) is 11.0 Å². The molecule has 3 aromatic rings. The lowest BCUT2D eigenvalue weighted by atomic mass is 9.95. The highest BCUT2D eigenvalue weighted by Crippen LogP contribution is 2.35. The Morgan fingerprint density at radius 2 is 2.00 bits per heavy atom. The molecule has 3 rings (SSSR count). The maximum absolute atomic E-state index is 14.1. The van der Waals surface area contributed by atoms with Crippen molar-refractivity contribution in [3.63, 3.8) is 0 Å². The van der Waals surface area contributed by atoms with Crippen LogP contribution in [0, 0.1) is 11.7 Å². The maximum atomic E-state index is 14.1. The Morgan fingerprint density at radius 3 is 2.56 bits per heavy atom. The minimum atomic E-state index is -4.80. The molecule has 0 radical (unpaired) electrons. The van der Waals surface area contributed by atoms with E-state index in [4.69, 9.17) is 0 Å². The molecule has 0 aliphatic carbocycles. The molecule has 0 spiro atoms. The van der Waals surface area contributed by atoms with Gasteiger partial charge in [-0.2, -0.15) is 18.3 Å². The highest BCUT2D eigenvalue weighted by Gasteiger charge is 2.35. The Bertz CT molecular complexity index is 1040. The summed E-state index contributed by atoms with van der Waals surface area (Å²) < 4.78 is 53.9. The Kier molecular flexibility index (Phi) is 4.77. The van der Waals surface area contributed by atoms with Crippen molar-refractivity contribution in [1.29, 1.82) is 0 Å². The number of halogens is 4. The monoisotopic (exact) mass is 384 g/mol. The molecule has 2 heterocycles. The van der Waals surface area contributed by atoms with E-state index in [0.717, 1.165) is 6.07 Å². The zero-order valence-electron chi connectivity index (χ0n) is 14.4. The molecular formula is C17H16F4N4O2. The molecule has 2 aromatic heterocycles. The van der Waals surface area contributed by atoms with Gasteiger partial charge in [0.15, 0.2) is 0 Å². The fourth-order valence-corrected chi connectivity index (χ4v) is 3.08. The predicted molar refractivity (Wildman–Crippen MR) is 88.5 cm³/mol. The van der Waals surface area contributed by atoms with Crippen LogP contribution in [-0.2, 0) is 12.8 Å². The average molecular weight is 384 g/mol. The summed E-state index contributed by atoms with van der Waals surface area (Å²) in [6.45, 7) is 3.14. The number of alkyl halides is 3. The number of benzene rings is 1. The first-order valence-electron chi connectivity index (χ1n) is 8.07. The Hall–Kier alpha value is -2.75. The van der Waals surface area contributed by atoms with E-state index < -0.39 is 35.9 Å². The van der Waals surface area contributed by atoms with Crippen LogP contribution in [0.5, 0.6) is 0 Å². The van der Waals surface area contributed by atoms with E-state index in [9.17, 15) is 27.5 Å². The first-order valence-corrected chi connectivity index (χ1v) is 8.07. The highest BCUT2D eigenvalue weighted by atomic mass is 19.4. The molecule has 0 amide bonds. The summed E-state index contributed by atoms with van der Waals surface area (Å²) in [5.74, 6) is -1.60. The van der Waals surface area contributed by atoms with Gasteiger partial charge in [0.1, 0.15) is 11.5 Å². The summed E-state index contributed by atoms with van der Waals surface area (Å²) in [5, 5.41) is 14.2. The number of hydrogen-bond acceptors (Lipinski definition) is 4. The van der Waals surface area contributed by atoms with Crippen LogP contribution in [0.1, 0.15) is 36.7 Å². The van der Waals surface area contributed by atoms with Crippen molar-refractivity contribution in [2.24, 2.45) is 5.92 Å². The molecule has 2 N–H and O–H groups in total. The lowest BCUT2D eigenvalue weighted by Crippen LogP contribution is -2.21. The molecule has 0 aliphatic rings. The van der Waals surface area contributed by atoms with Crippen molar-refractivity contribution in [3.05, 3.63) is 57.5 Å². The summed E-state index contributed by atoms with van der Waals surface area (Å²) in [7, 11) is 0. The second-order valence-electron chi connectivity index (χ2n) is 6.43. The Labute approximate surface area is 150 Å². The van der Waals surface area contributed by atoms with E-state index in [1.54, 1.807) is 13.8 Å². The molecule has 1 unspecified atom stereocenters. The minimum absolute atomic E-state index is 0.215. The summed E-state index contributed by atoms with van der Waals surface area (Å²) in [6.07, 6.45) is -3.54. The number of fused-ring (bicyclic) bond motifs is 1. The topological polar surface area (TPSA) is 83.8 Å². The van der Waals surface area contributed by atoms with Gasteiger partial charge in [-0.25, -0.2) is 18.9 Å². The summed E-state index contributed by atoms with van der Waals surface area (Å²) in [4.78, 5) is 17.7. The molecule has 10 heteroatoms. The Balaban J connectivity index is 2.21. The van der Waals surface area contributed by atoms with Gasteiger partial charge < -0.3 is 5.11 Å². The Morgan fingerprint density at radius 1 is 1.30 bits per heavy atom. The number of aromatic nitrogens is 4. The van der Waals surface area contributed by atoms with Crippen molar-refractivity contribution >= 4 is 11.0 Å². The van der Waals surface area contributed by atoms with E-state index in [2.05, 4.69) is 15.1 Å². The van der Waals surface area contributed by atoms with Crippen molar-refractivity contribution in [2.75, 3.05) is 0 Å². The highest BCUT2D eigenvalue weighted by molar-refractivity contribution is 5.77. The number of aliphatic hydroxyl groups is 1. The van der Waals surface area contributed by atoms with E-state index >= 15 is 0 Å². The third-order valence-corrected chi connectivity index (χ3v) is 4.24. The van der Waals surface area contributed by atoms with E-state index in [0.29, 0.717) is 11.5 Å². The molecule has 1 atom stereocenters. The van der Waals surface area contributed by atoms with E-state index in [-0.39, 0.29) is 22.8 Å². The number of nitrogens with one attached hydrogen (secondary N) is 1. The third-order valence-electron chi connectivity index (χ3n) is 4.24. The van der Waals surface area contributed by atoms with Crippen LogP contribution >= 0.6 is 0 Å². The molecule has 1 aromatic carbocycles. The van der Waals surface area contributed by atoms with Crippen molar-refractivity contribution < 1.29 is 22.7 Å². The van der Waals surface area contributed by atoms with Gasteiger partial charge in [-0.05, 0) is 23.6 Å². The molecule has 0 fully saturated rings. The van der Waals surface area contributed by atoms with Crippen LogP contribution in [0.2, 0.25) is 0 Å². The van der Waals surface area contributed by atoms with Crippen LogP contribution < -0.4 is 5.69 Å². The van der Waals surface area contributed by atoms with E-state index in [1.165, 1.54) is 16.9 Å². The molecule has 0 saturated heterocycles. The van der Waals surface area contributed by atoms with Gasteiger partial charge in [-0.1, -0.05) is 19.9 Å². The normalized spacial score (nSPS) is 13.5. The summed E-state index contributed by atoms with van der Waals surface area (Å²) in [5.41, 5.74) is -1.26. The fraction of sp³-hybridized carbons (Fsp3) is 0.353. The molecule has 0 bridgehead atoms. The van der Waals surface area contributed by atoms with E-state index in [1.807, 2.05) is 0 Å². The van der Waals surface area contributed by atoms with Gasteiger partial charge in [0.05, 0.1) is 29.3 Å². The number of nitrogens with zero attached hydrogens (tertiary/aromatic N) is 3. The molecule has 27 heavy (non-hydrogen) atoms. The van der Waals surface area contributed by atoms with Crippen molar-refractivity contribution in [2.45, 2.75) is 32.7 Å². The molecule has 0 aliphatic heterocycles. The molecule has 0 saturated carbocycles. The zero-order chi connectivity index (χ0) is 19.9. The largest absolute Gasteiger partial charge is 0.419 e. The summed E-state index contributed by atoms with van der Waals surface area (Å²) >= 11 is 0.